The van der Waals surface area contributed by atoms with E-state index in [4.69, 9.17) is 9.16 Å². The molecular weight excluding hydrogens is 412 g/mol. The molecule has 0 spiro atoms. The fraction of sp³-hybridized carbons (Fsp3) is 0.609. The van der Waals surface area contributed by atoms with Crippen molar-refractivity contribution in [3.05, 3.63) is 35.9 Å². The first-order chi connectivity index (χ1) is 14.1. The van der Waals surface area contributed by atoms with Crippen LogP contribution in [-0.4, -0.2) is 50.9 Å². The van der Waals surface area contributed by atoms with E-state index in [9.17, 15) is 14.4 Å². The van der Waals surface area contributed by atoms with Crippen LogP contribution in [0.25, 0.3) is 0 Å². The van der Waals surface area contributed by atoms with Crippen molar-refractivity contribution in [2.45, 2.75) is 83.8 Å². The molecule has 0 bridgehead atoms. The molecule has 8 heteroatoms. The van der Waals surface area contributed by atoms with E-state index >= 15 is 0 Å². The minimum absolute atomic E-state index is 0.0153. The predicted octanol–water partition coefficient (Wildman–Crippen LogP) is 3.83. The number of alkyl carbamates (subject to hydrolysis) is 1. The molecule has 1 aromatic carbocycles. The Bertz CT molecular complexity index is 739. The number of benzene rings is 1. The van der Waals surface area contributed by atoms with Crippen molar-refractivity contribution in [2.24, 2.45) is 0 Å². The van der Waals surface area contributed by atoms with Gasteiger partial charge in [-0.1, -0.05) is 51.1 Å². The standard InChI is InChI=1S/C23H38N2O5Si/c1-22(2,3)30-21(28)25-19(14-17-12-10-9-11-13-17)20(27)24-18(15-26)16-29-31(7,8)23(4,5)6/h9-13,15,18-19H,14,16H2,1-8H3,(H,24,27)(H,25,28)/t18-,19+/m1/s1. The molecule has 2 amide bonds. The Morgan fingerprint density at radius 3 is 2.10 bits per heavy atom. The molecule has 7 nitrogen and oxygen atoms in total. The predicted molar refractivity (Wildman–Crippen MR) is 124 cm³/mol. The van der Waals surface area contributed by atoms with Gasteiger partial charge in [-0.25, -0.2) is 4.79 Å². The molecule has 0 aliphatic heterocycles. The summed E-state index contributed by atoms with van der Waals surface area (Å²) in [7, 11) is -2.08. The topological polar surface area (TPSA) is 93.7 Å². The first kappa shape index (κ1) is 26.8. The van der Waals surface area contributed by atoms with E-state index in [2.05, 4.69) is 44.5 Å². The van der Waals surface area contributed by atoms with Crippen LogP contribution in [0.2, 0.25) is 18.1 Å². The molecule has 0 saturated heterocycles. The van der Waals surface area contributed by atoms with Gasteiger partial charge in [0.25, 0.3) is 0 Å². The van der Waals surface area contributed by atoms with Crippen LogP contribution in [0.4, 0.5) is 4.79 Å². The lowest BCUT2D eigenvalue weighted by atomic mass is 10.1. The highest BCUT2D eigenvalue weighted by Crippen LogP contribution is 2.36. The summed E-state index contributed by atoms with van der Waals surface area (Å²) >= 11 is 0. The average Bonchev–Trinajstić information content (AvgIpc) is 2.62. The quantitative estimate of drug-likeness (QED) is 0.440. The number of carbonyl (C=O) groups is 3. The van der Waals surface area contributed by atoms with Crippen LogP contribution in [0.3, 0.4) is 0 Å². The summed E-state index contributed by atoms with van der Waals surface area (Å²) in [5.74, 6) is -0.467. The number of hydrogen-bond donors (Lipinski definition) is 2. The Hall–Kier alpha value is -2.19. The molecule has 174 valence electrons. The number of ether oxygens (including phenoxy) is 1. The van der Waals surface area contributed by atoms with Gasteiger partial charge in [-0.3, -0.25) is 4.79 Å². The molecule has 0 aliphatic rings. The molecule has 0 radical (unpaired) electrons. The molecular formula is C23H38N2O5Si. The fourth-order valence-corrected chi connectivity index (χ4v) is 3.45. The number of nitrogens with one attached hydrogen (secondary N) is 2. The van der Waals surface area contributed by atoms with Crippen LogP contribution in [-0.2, 0) is 25.2 Å². The van der Waals surface area contributed by atoms with Crippen molar-refractivity contribution >= 4 is 26.6 Å². The summed E-state index contributed by atoms with van der Waals surface area (Å²) in [6, 6.07) is 7.63. The van der Waals surface area contributed by atoms with Crippen molar-refractivity contribution in [3.8, 4) is 0 Å². The summed E-state index contributed by atoms with van der Waals surface area (Å²) in [4.78, 5) is 36.8. The Balaban J connectivity index is 2.88. The molecule has 0 fully saturated rings. The maximum absolute atomic E-state index is 13.0. The molecule has 31 heavy (non-hydrogen) atoms. The number of hydrogen-bond acceptors (Lipinski definition) is 5. The largest absolute Gasteiger partial charge is 0.444 e. The molecule has 1 rings (SSSR count). The maximum atomic E-state index is 13.0. The lowest BCUT2D eigenvalue weighted by molar-refractivity contribution is -0.126. The smallest absolute Gasteiger partial charge is 0.408 e. The third-order valence-electron chi connectivity index (χ3n) is 5.21. The van der Waals surface area contributed by atoms with E-state index < -0.39 is 38.0 Å². The van der Waals surface area contributed by atoms with E-state index in [0.717, 1.165) is 5.56 Å². The van der Waals surface area contributed by atoms with Crippen LogP contribution in [0.1, 0.15) is 47.1 Å². The monoisotopic (exact) mass is 450 g/mol. The summed E-state index contributed by atoms with van der Waals surface area (Å²) < 4.78 is 11.4. The number of carbonyl (C=O) groups excluding carboxylic acids is 3. The van der Waals surface area contributed by atoms with Crippen LogP contribution in [0.5, 0.6) is 0 Å². The Morgan fingerprint density at radius 2 is 1.61 bits per heavy atom. The van der Waals surface area contributed by atoms with Crippen molar-refractivity contribution in [2.75, 3.05) is 6.61 Å². The number of aldehydes is 1. The first-order valence-corrected chi connectivity index (χ1v) is 13.5. The summed E-state index contributed by atoms with van der Waals surface area (Å²) in [6.45, 7) is 15.8. The van der Waals surface area contributed by atoms with Crippen LogP contribution < -0.4 is 10.6 Å². The van der Waals surface area contributed by atoms with E-state index in [1.54, 1.807) is 20.8 Å². The van der Waals surface area contributed by atoms with Gasteiger partial charge in [0.15, 0.2) is 8.32 Å². The lowest BCUT2D eigenvalue weighted by Crippen LogP contribution is -2.54. The second kappa shape index (κ2) is 10.9. The van der Waals surface area contributed by atoms with Gasteiger partial charge in [0, 0.05) is 6.42 Å². The third kappa shape index (κ3) is 9.65. The van der Waals surface area contributed by atoms with Gasteiger partial charge in [0.2, 0.25) is 5.91 Å². The van der Waals surface area contributed by atoms with Crippen molar-refractivity contribution < 1.29 is 23.5 Å². The van der Waals surface area contributed by atoms with Crippen LogP contribution >= 0.6 is 0 Å². The molecule has 0 unspecified atom stereocenters. The lowest BCUT2D eigenvalue weighted by Gasteiger charge is -2.37. The second-order valence-corrected chi connectivity index (χ2v) is 15.0. The molecule has 2 N–H and O–H groups in total. The van der Waals surface area contributed by atoms with Gasteiger partial charge in [-0.15, -0.1) is 0 Å². The maximum Gasteiger partial charge on any atom is 0.408 e. The van der Waals surface area contributed by atoms with Crippen molar-refractivity contribution in [1.82, 2.24) is 10.6 Å². The average molecular weight is 451 g/mol. The number of rotatable bonds is 9. The highest BCUT2D eigenvalue weighted by Gasteiger charge is 2.38. The zero-order chi connectivity index (χ0) is 23.9. The minimum Gasteiger partial charge on any atom is -0.444 e. The molecule has 0 aromatic heterocycles. The highest BCUT2D eigenvalue weighted by molar-refractivity contribution is 6.74. The Kier molecular flexibility index (Phi) is 9.44. The zero-order valence-electron chi connectivity index (χ0n) is 20.1. The normalized spacial score (nSPS) is 14.3. The summed E-state index contributed by atoms with van der Waals surface area (Å²) in [5, 5.41) is 5.31. The zero-order valence-corrected chi connectivity index (χ0v) is 21.1. The minimum atomic E-state index is -2.08. The molecule has 0 saturated carbocycles. The Morgan fingerprint density at radius 1 is 1.03 bits per heavy atom. The van der Waals surface area contributed by atoms with Gasteiger partial charge < -0.3 is 24.6 Å². The van der Waals surface area contributed by atoms with Gasteiger partial charge in [0.05, 0.1) is 6.61 Å². The molecule has 0 heterocycles. The van der Waals surface area contributed by atoms with Crippen LogP contribution in [0.15, 0.2) is 30.3 Å². The van der Waals surface area contributed by atoms with E-state index in [1.807, 2.05) is 30.3 Å². The van der Waals surface area contributed by atoms with Gasteiger partial charge in [-0.2, -0.15) is 0 Å². The first-order valence-electron chi connectivity index (χ1n) is 10.6. The van der Waals surface area contributed by atoms with Gasteiger partial charge in [0.1, 0.15) is 24.0 Å². The van der Waals surface area contributed by atoms with Crippen molar-refractivity contribution in [1.29, 1.82) is 0 Å². The van der Waals surface area contributed by atoms with Gasteiger partial charge in [-0.05, 0) is 44.5 Å². The van der Waals surface area contributed by atoms with Crippen molar-refractivity contribution in [3.63, 3.8) is 0 Å². The van der Waals surface area contributed by atoms with Gasteiger partial charge >= 0.3 is 6.09 Å². The second-order valence-electron chi connectivity index (χ2n) is 10.2. The SMILES string of the molecule is CC(C)(C)OC(=O)N[C@@H](Cc1ccccc1)C(=O)N[C@H](C=O)CO[Si](C)(C)C(C)(C)C. The van der Waals surface area contributed by atoms with E-state index in [1.165, 1.54) is 0 Å². The molecule has 2 atom stereocenters. The number of amides is 2. The fourth-order valence-electron chi connectivity index (χ4n) is 2.42. The molecule has 1 aromatic rings. The van der Waals surface area contributed by atoms with Crippen LogP contribution in [0, 0.1) is 0 Å². The highest BCUT2D eigenvalue weighted by atomic mass is 28.4. The summed E-state index contributed by atoms with van der Waals surface area (Å²) in [5.41, 5.74) is 0.180. The van der Waals surface area contributed by atoms with E-state index in [-0.39, 0.29) is 18.1 Å². The molecule has 0 aliphatic carbocycles. The summed E-state index contributed by atoms with van der Waals surface area (Å²) in [6.07, 6.45) is 0.238. The third-order valence-corrected chi connectivity index (χ3v) is 9.71. The van der Waals surface area contributed by atoms with E-state index in [0.29, 0.717) is 6.29 Å². The Labute approximate surface area is 187 Å².